The molecule has 0 aliphatic heterocycles. The molecule has 6 heteroatoms. The molecule has 0 aliphatic carbocycles. The number of amides is 2. The molecule has 0 heterocycles. The van der Waals surface area contributed by atoms with Crippen LogP contribution in [0.15, 0.2) is 30.3 Å². The quantitative estimate of drug-likeness (QED) is 0.754. The lowest BCUT2D eigenvalue weighted by atomic mass is 10.1. The molecule has 0 spiro atoms. The summed E-state index contributed by atoms with van der Waals surface area (Å²) in [6.45, 7) is 5.70. The third-order valence-electron chi connectivity index (χ3n) is 3.40. The molecule has 0 atom stereocenters. The fourth-order valence-corrected chi connectivity index (χ4v) is 2.37. The molecule has 0 bridgehead atoms. The zero-order chi connectivity index (χ0) is 17.0. The van der Waals surface area contributed by atoms with Gasteiger partial charge in [0.15, 0.2) is 6.73 Å². The second-order valence-corrected chi connectivity index (χ2v) is 5.99. The van der Waals surface area contributed by atoms with Crippen LogP contribution in [0.4, 0.5) is 10.5 Å². The van der Waals surface area contributed by atoms with Gasteiger partial charge < -0.3 is 15.4 Å². The fourth-order valence-electron chi connectivity index (χ4n) is 2.08. The predicted octanol–water partition coefficient (Wildman–Crippen LogP) is 5.08. The van der Waals surface area contributed by atoms with Crippen LogP contribution >= 0.6 is 23.2 Å². The van der Waals surface area contributed by atoms with Crippen molar-refractivity contribution < 1.29 is 9.53 Å². The number of carbonyl (C=O) groups is 1. The standard InChI is InChI=1S/C17H18Cl2N2O2/c1-10-7-13(8-11(2)16(10)19)23-9-20-17(22)21-15-6-4-5-14(18)12(15)3/h4-8H,9H2,1-3H3,(H2,20,21,22). The molecular weight excluding hydrogens is 335 g/mol. The van der Waals surface area contributed by atoms with Gasteiger partial charge in [-0.1, -0.05) is 29.3 Å². The first-order valence-electron chi connectivity index (χ1n) is 7.08. The topological polar surface area (TPSA) is 50.4 Å². The molecule has 0 unspecified atom stereocenters. The highest BCUT2D eigenvalue weighted by Gasteiger charge is 2.07. The van der Waals surface area contributed by atoms with Gasteiger partial charge in [0.25, 0.3) is 0 Å². The minimum Gasteiger partial charge on any atom is -0.473 e. The maximum atomic E-state index is 11.9. The van der Waals surface area contributed by atoms with Crippen molar-refractivity contribution in [3.63, 3.8) is 0 Å². The van der Waals surface area contributed by atoms with E-state index in [-0.39, 0.29) is 12.8 Å². The van der Waals surface area contributed by atoms with Gasteiger partial charge >= 0.3 is 6.03 Å². The van der Waals surface area contributed by atoms with Gasteiger partial charge in [-0.3, -0.25) is 0 Å². The molecule has 0 aromatic heterocycles. The first-order chi connectivity index (χ1) is 10.9. The van der Waals surface area contributed by atoms with Crippen LogP contribution < -0.4 is 15.4 Å². The molecule has 2 N–H and O–H groups in total. The van der Waals surface area contributed by atoms with E-state index in [0.717, 1.165) is 21.7 Å². The SMILES string of the molecule is Cc1cc(OCNC(=O)Nc2cccc(Cl)c2C)cc(C)c1Cl. The monoisotopic (exact) mass is 352 g/mol. The van der Waals surface area contributed by atoms with E-state index in [2.05, 4.69) is 10.6 Å². The molecule has 2 aromatic carbocycles. The first kappa shape index (κ1) is 17.4. The van der Waals surface area contributed by atoms with Crippen LogP contribution in [-0.2, 0) is 0 Å². The van der Waals surface area contributed by atoms with Gasteiger partial charge in [0.05, 0.1) is 0 Å². The third-order valence-corrected chi connectivity index (χ3v) is 4.40. The second-order valence-electron chi connectivity index (χ2n) is 5.20. The van der Waals surface area contributed by atoms with Gasteiger partial charge in [-0.15, -0.1) is 0 Å². The van der Waals surface area contributed by atoms with Crippen molar-refractivity contribution >= 4 is 34.9 Å². The molecule has 2 rings (SSSR count). The third kappa shape index (κ3) is 4.53. The number of rotatable bonds is 4. The van der Waals surface area contributed by atoms with Crippen LogP contribution in [0.25, 0.3) is 0 Å². The van der Waals surface area contributed by atoms with E-state index < -0.39 is 0 Å². The Hall–Kier alpha value is -1.91. The summed E-state index contributed by atoms with van der Waals surface area (Å²) >= 11 is 12.1. The van der Waals surface area contributed by atoms with Crippen LogP contribution in [0, 0.1) is 20.8 Å². The van der Waals surface area contributed by atoms with Crippen molar-refractivity contribution in [1.82, 2.24) is 5.32 Å². The lowest BCUT2D eigenvalue weighted by Crippen LogP contribution is -2.32. The zero-order valence-corrected chi connectivity index (χ0v) is 14.7. The molecule has 0 saturated carbocycles. The number of hydrogen-bond donors (Lipinski definition) is 2. The van der Waals surface area contributed by atoms with E-state index in [9.17, 15) is 4.79 Å². The molecule has 0 saturated heterocycles. The van der Waals surface area contributed by atoms with E-state index in [1.165, 1.54) is 0 Å². The predicted molar refractivity (Wildman–Crippen MR) is 94.8 cm³/mol. The first-order valence-corrected chi connectivity index (χ1v) is 7.83. The van der Waals surface area contributed by atoms with Gasteiger partial charge in [-0.25, -0.2) is 4.79 Å². The largest absolute Gasteiger partial charge is 0.473 e. The zero-order valence-electron chi connectivity index (χ0n) is 13.2. The average Bonchev–Trinajstić information content (AvgIpc) is 2.49. The molecular formula is C17H18Cl2N2O2. The van der Waals surface area contributed by atoms with Crippen LogP contribution in [-0.4, -0.2) is 12.8 Å². The van der Waals surface area contributed by atoms with Crippen molar-refractivity contribution in [2.45, 2.75) is 20.8 Å². The Morgan fingerprint density at radius 1 is 1.13 bits per heavy atom. The summed E-state index contributed by atoms with van der Waals surface area (Å²) in [7, 11) is 0. The Morgan fingerprint density at radius 3 is 2.43 bits per heavy atom. The number of ether oxygens (including phenoxy) is 1. The Balaban J connectivity index is 1.89. The summed E-state index contributed by atoms with van der Waals surface area (Å²) in [5, 5.41) is 6.69. The molecule has 2 amide bonds. The smallest absolute Gasteiger partial charge is 0.321 e. The molecule has 4 nitrogen and oxygen atoms in total. The number of halogens is 2. The number of hydrogen-bond acceptors (Lipinski definition) is 2. The maximum Gasteiger partial charge on any atom is 0.321 e. The summed E-state index contributed by atoms with van der Waals surface area (Å²) in [5.74, 6) is 0.656. The number of nitrogens with one attached hydrogen (secondary N) is 2. The summed E-state index contributed by atoms with van der Waals surface area (Å²) in [5.41, 5.74) is 3.34. The van der Waals surface area contributed by atoms with Crippen LogP contribution in [0.3, 0.4) is 0 Å². The number of urea groups is 1. The molecule has 0 radical (unpaired) electrons. The maximum absolute atomic E-state index is 11.9. The van der Waals surface area contributed by atoms with Crippen molar-refractivity contribution in [3.8, 4) is 5.75 Å². The van der Waals surface area contributed by atoms with E-state index in [1.807, 2.05) is 32.9 Å². The van der Waals surface area contributed by atoms with Gasteiger partial charge in [-0.2, -0.15) is 0 Å². The highest BCUT2D eigenvalue weighted by Crippen LogP contribution is 2.26. The lowest BCUT2D eigenvalue weighted by molar-refractivity contribution is 0.234. The van der Waals surface area contributed by atoms with Gasteiger partial charge in [-0.05, 0) is 61.7 Å². The summed E-state index contributed by atoms with van der Waals surface area (Å²) in [4.78, 5) is 11.9. The lowest BCUT2D eigenvalue weighted by Gasteiger charge is -2.13. The fraction of sp³-hybridized carbons (Fsp3) is 0.235. The van der Waals surface area contributed by atoms with E-state index in [4.69, 9.17) is 27.9 Å². The van der Waals surface area contributed by atoms with E-state index in [1.54, 1.807) is 18.2 Å². The van der Waals surface area contributed by atoms with E-state index >= 15 is 0 Å². The number of carbonyl (C=O) groups excluding carboxylic acids is 1. The number of aryl methyl sites for hydroxylation is 2. The minimum absolute atomic E-state index is 0.0476. The highest BCUT2D eigenvalue weighted by atomic mass is 35.5. The Morgan fingerprint density at radius 2 is 1.78 bits per heavy atom. The van der Waals surface area contributed by atoms with Gasteiger partial charge in [0, 0.05) is 15.7 Å². The minimum atomic E-state index is -0.363. The van der Waals surface area contributed by atoms with Crippen LogP contribution in [0.2, 0.25) is 10.0 Å². The normalized spacial score (nSPS) is 10.3. The van der Waals surface area contributed by atoms with Crippen molar-refractivity contribution in [1.29, 1.82) is 0 Å². The number of anilines is 1. The van der Waals surface area contributed by atoms with Crippen LogP contribution in [0.1, 0.15) is 16.7 Å². The summed E-state index contributed by atoms with van der Waals surface area (Å²) in [6, 6.07) is 8.63. The van der Waals surface area contributed by atoms with E-state index in [0.29, 0.717) is 16.5 Å². The Bertz CT molecular complexity index is 710. The summed E-state index contributed by atoms with van der Waals surface area (Å²) < 4.78 is 5.53. The highest BCUT2D eigenvalue weighted by molar-refractivity contribution is 6.32. The van der Waals surface area contributed by atoms with Crippen molar-refractivity contribution in [2.75, 3.05) is 12.0 Å². The molecule has 2 aromatic rings. The van der Waals surface area contributed by atoms with Crippen LogP contribution in [0.5, 0.6) is 5.75 Å². The Labute approximate surface area is 145 Å². The second kappa shape index (κ2) is 7.57. The number of benzene rings is 2. The molecule has 122 valence electrons. The van der Waals surface area contributed by atoms with Crippen molar-refractivity contribution in [3.05, 3.63) is 57.1 Å². The molecule has 0 aliphatic rings. The molecule has 23 heavy (non-hydrogen) atoms. The summed E-state index contributed by atoms with van der Waals surface area (Å²) in [6.07, 6.45) is 0. The average molecular weight is 353 g/mol. The van der Waals surface area contributed by atoms with Gasteiger partial charge in [0.2, 0.25) is 0 Å². The Kier molecular flexibility index (Phi) is 5.74. The van der Waals surface area contributed by atoms with Crippen molar-refractivity contribution in [2.24, 2.45) is 0 Å². The molecule has 0 fully saturated rings. The van der Waals surface area contributed by atoms with Gasteiger partial charge in [0.1, 0.15) is 5.75 Å².